The second-order valence-electron chi connectivity index (χ2n) is 3.25. The Bertz CT molecular complexity index is 122. The van der Waals surface area contributed by atoms with Gasteiger partial charge >= 0.3 is 0 Å². The summed E-state index contributed by atoms with van der Waals surface area (Å²) >= 11 is 0. The first kappa shape index (κ1) is 9.47. The molecule has 0 radical (unpaired) electrons. The zero-order valence-corrected chi connectivity index (χ0v) is 7.16. The molecule has 0 saturated carbocycles. The summed E-state index contributed by atoms with van der Waals surface area (Å²) in [4.78, 5) is 0. The minimum absolute atomic E-state index is 0.252. The zero-order valence-electron chi connectivity index (χ0n) is 7.16. The van der Waals surface area contributed by atoms with E-state index in [-0.39, 0.29) is 6.04 Å². The number of nitrogens with one attached hydrogen (secondary N) is 1. The van der Waals surface area contributed by atoms with E-state index in [2.05, 4.69) is 11.9 Å². The molecule has 2 heteroatoms. The third-order valence-electron chi connectivity index (χ3n) is 1.18. The van der Waals surface area contributed by atoms with Crippen LogP contribution in [0.25, 0.3) is 0 Å². The molecule has 0 aliphatic heterocycles. The van der Waals surface area contributed by atoms with E-state index in [4.69, 9.17) is 0 Å². The molecule has 0 aliphatic rings. The Morgan fingerprint density at radius 1 is 1.50 bits per heavy atom. The fourth-order valence-electron chi connectivity index (χ4n) is 0.520. The predicted octanol–water partition coefficient (Wildman–Crippen LogP) is 2.25. The molecular formula is C8H16FN. The number of hydrogen-bond donors (Lipinski definition) is 1. The molecule has 10 heavy (non-hydrogen) atoms. The van der Waals surface area contributed by atoms with E-state index in [1.807, 2.05) is 13.8 Å². The Balaban J connectivity index is 3.87. The molecular weight excluding hydrogens is 129 g/mol. The van der Waals surface area contributed by atoms with Crippen LogP contribution in [-0.4, -0.2) is 11.7 Å². The summed E-state index contributed by atoms with van der Waals surface area (Å²) in [5, 5.41) is 2.91. The number of alkyl halides is 1. The van der Waals surface area contributed by atoms with Crippen molar-refractivity contribution in [1.82, 2.24) is 5.32 Å². The first-order valence-corrected chi connectivity index (χ1v) is 3.49. The van der Waals surface area contributed by atoms with Gasteiger partial charge in [-0.1, -0.05) is 6.58 Å². The minimum atomic E-state index is -1.32. The van der Waals surface area contributed by atoms with E-state index in [9.17, 15) is 4.39 Å². The maximum Gasteiger partial charge on any atom is 0.144 e. The largest absolute Gasteiger partial charge is 0.384 e. The summed E-state index contributed by atoms with van der Waals surface area (Å²) < 4.78 is 13.0. The molecule has 0 atom stereocenters. The molecule has 0 amide bonds. The summed E-state index contributed by atoms with van der Waals surface area (Å²) in [6, 6.07) is 0.252. The highest BCUT2D eigenvalue weighted by Crippen LogP contribution is 2.16. The molecule has 0 aromatic carbocycles. The van der Waals surface area contributed by atoms with Crippen LogP contribution in [0.1, 0.15) is 27.7 Å². The fourth-order valence-corrected chi connectivity index (χ4v) is 0.520. The normalized spacial score (nSPS) is 11.8. The van der Waals surface area contributed by atoms with Gasteiger partial charge in [-0.25, -0.2) is 4.39 Å². The Hall–Kier alpha value is -0.530. The molecule has 0 saturated heterocycles. The maximum absolute atomic E-state index is 13.0. The lowest BCUT2D eigenvalue weighted by molar-refractivity contribution is 0.251. The van der Waals surface area contributed by atoms with Gasteiger partial charge in [-0.15, -0.1) is 0 Å². The van der Waals surface area contributed by atoms with Gasteiger partial charge in [-0.2, -0.15) is 0 Å². The highest BCUT2D eigenvalue weighted by Gasteiger charge is 2.19. The smallest absolute Gasteiger partial charge is 0.144 e. The van der Waals surface area contributed by atoms with Crippen LogP contribution >= 0.6 is 0 Å². The monoisotopic (exact) mass is 145 g/mol. The second-order valence-corrected chi connectivity index (χ2v) is 3.25. The van der Waals surface area contributed by atoms with Crippen LogP contribution in [0.3, 0.4) is 0 Å². The molecule has 0 heterocycles. The Labute approximate surface area is 62.3 Å². The van der Waals surface area contributed by atoms with Crippen LogP contribution < -0.4 is 5.32 Å². The first-order chi connectivity index (χ1) is 4.34. The lowest BCUT2D eigenvalue weighted by Gasteiger charge is -2.21. The van der Waals surface area contributed by atoms with Crippen molar-refractivity contribution in [2.45, 2.75) is 39.4 Å². The van der Waals surface area contributed by atoms with E-state index in [1.54, 1.807) is 0 Å². The fraction of sp³-hybridized carbons (Fsp3) is 0.750. The van der Waals surface area contributed by atoms with Crippen molar-refractivity contribution in [2.75, 3.05) is 0 Å². The van der Waals surface area contributed by atoms with Gasteiger partial charge in [0.1, 0.15) is 5.67 Å². The van der Waals surface area contributed by atoms with Crippen molar-refractivity contribution >= 4 is 0 Å². The molecule has 60 valence electrons. The van der Waals surface area contributed by atoms with E-state index in [1.165, 1.54) is 13.8 Å². The third-order valence-corrected chi connectivity index (χ3v) is 1.18. The van der Waals surface area contributed by atoms with E-state index >= 15 is 0 Å². The SMILES string of the molecule is C=C(NC(C)C)C(C)(C)F. The lowest BCUT2D eigenvalue weighted by atomic mass is 10.1. The Morgan fingerprint density at radius 3 is 2.00 bits per heavy atom. The number of hydrogen-bond acceptors (Lipinski definition) is 1. The molecule has 1 nitrogen and oxygen atoms in total. The van der Waals surface area contributed by atoms with E-state index in [0.29, 0.717) is 5.70 Å². The van der Waals surface area contributed by atoms with Crippen molar-refractivity contribution < 1.29 is 4.39 Å². The zero-order chi connectivity index (χ0) is 8.36. The van der Waals surface area contributed by atoms with Gasteiger partial charge in [0.15, 0.2) is 0 Å². The van der Waals surface area contributed by atoms with Crippen LogP contribution in [0.15, 0.2) is 12.3 Å². The minimum Gasteiger partial charge on any atom is -0.384 e. The van der Waals surface area contributed by atoms with Crippen LogP contribution in [0.4, 0.5) is 4.39 Å². The highest BCUT2D eigenvalue weighted by molar-refractivity contribution is 5.06. The molecule has 0 fully saturated rings. The molecule has 0 aliphatic carbocycles. The summed E-state index contributed by atoms with van der Waals surface area (Å²) in [6.07, 6.45) is 0. The van der Waals surface area contributed by atoms with Crippen LogP contribution in [0, 0.1) is 0 Å². The molecule has 0 bridgehead atoms. The summed E-state index contributed by atoms with van der Waals surface area (Å²) in [6.45, 7) is 10.5. The quantitative estimate of drug-likeness (QED) is 0.642. The van der Waals surface area contributed by atoms with Crippen LogP contribution in [-0.2, 0) is 0 Å². The summed E-state index contributed by atoms with van der Waals surface area (Å²) in [7, 11) is 0. The van der Waals surface area contributed by atoms with E-state index in [0.717, 1.165) is 0 Å². The van der Waals surface area contributed by atoms with Crippen LogP contribution in [0.2, 0.25) is 0 Å². The number of rotatable bonds is 3. The van der Waals surface area contributed by atoms with Gasteiger partial charge in [0.05, 0.1) is 0 Å². The topological polar surface area (TPSA) is 12.0 Å². The molecule has 0 aromatic rings. The van der Waals surface area contributed by atoms with Crippen molar-refractivity contribution in [3.63, 3.8) is 0 Å². The van der Waals surface area contributed by atoms with Crippen molar-refractivity contribution in [1.29, 1.82) is 0 Å². The van der Waals surface area contributed by atoms with Gasteiger partial charge < -0.3 is 5.32 Å². The summed E-state index contributed by atoms with van der Waals surface area (Å²) in [5.74, 6) is 0. The third kappa shape index (κ3) is 3.49. The van der Waals surface area contributed by atoms with Crippen molar-refractivity contribution in [3.8, 4) is 0 Å². The molecule has 0 spiro atoms. The molecule has 0 unspecified atom stereocenters. The Morgan fingerprint density at radius 2 is 1.90 bits per heavy atom. The van der Waals surface area contributed by atoms with Gasteiger partial charge in [0.2, 0.25) is 0 Å². The summed E-state index contributed by atoms with van der Waals surface area (Å²) in [5.41, 5.74) is -0.868. The molecule has 1 N–H and O–H groups in total. The number of halogens is 1. The predicted molar refractivity (Wildman–Crippen MR) is 42.6 cm³/mol. The highest BCUT2D eigenvalue weighted by atomic mass is 19.1. The Kier molecular flexibility index (Phi) is 2.88. The van der Waals surface area contributed by atoms with Gasteiger partial charge in [-0.3, -0.25) is 0 Å². The average molecular weight is 145 g/mol. The second kappa shape index (κ2) is 3.04. The molecule has 0 rings (SSSR count). The van der Waals surface area contributed by atoms with Crippen molar-refractivity contribution in [3.05, 3.63) is 12.3 Å². The number of allylic oxidation sites excluding steroid dienone is 1. The lowest BCUT2D eigenvalue weighted by Crippen LogP contribution is -2.31. The van der Waals surface area contributed by atoms with E-state index < -0.39 is 5.67 Å². The van der Waals surface area contributed by atoms with Gasteiger partial charge in [0.25, 0.3) is 0 Å². The standard InChI is InChI=1S/C8H16FN/c1-6(2)10-7(3)8(4,5)9/h6,10H,3H2,1-2,4-5H3. The van der Waals surface area contributed by atoms with Gasteiger partial charge in [-0.05, 0) is 27.7 Å². The maximum atomic E-state index is 13.0. The van der Waals surface area contributed by atoms with Gasteiger partial charge in [0, 0.05) is 11.7 Å². The first-order valence-electron chi connectivity index (χ1n) is 3.49. The van der Waals surface area contributed by atoms with Crippen molar-refractivity contribution in [2.24, 2.45) is 0 Å². The molecule has 0 aromatic heterocycles. The average Bonchev–Trinajstić information content (AvgIpc) is 1.60. The van der Waals surface area contributed by atoms with Crippen LogP contribution in [0.5, 0.6) is 0 Å².